The van der Waals surface area contributed by atoms with E-state index in [-0.39, 0.29) is 0 Å². The van der Waals surface area contributed by atoms with Crippen LogP contribution in [0.3, 0.4) is 0 Å². The van der Waals surface area contributed by atoms with Gasteiger partial charge in [-0.05, 0) is 57.4 Å². The highest BCUT2D eigenvalue weighted by atomic mass is 15.2. The van der Waals surface area contributed by atoms with Gasteiger partial charge < -0.3 is 5.73 Å². The minimum atomic E-state index is 0.323. The van der Waals surface area contributed by atoms with E-state index in [1.807, 2.05) is 0 Å². The summed E-state index contributed by atoms with van der Waals surface area (Å²) >= 11 is 0. The zero-order valence-electron chi connectivity index (χ0n) is 12.5. The number of hydrogen-bond acceptors (Lipinski definition) is 2. The van der Waals surface area contributed by atoms with Gasteiger partial charge in [-0.1, -0.05) is 26.2 Å². The first-order valence-corrected chi connectivity index (χ1v) is 8.07. The van der Waals surface area contributed by atoms with Gasteiger partial charge >= 0.3 is 0 Å². The molecule has 18 heavy (non-hydrogen) atoms. The summed E-state index contributed by atoms with van der Waals surface area (Å²) in [4.78, 5) is 2.63. The first kappa shape index (κ1) is 14.3. The van der Waals surface area contributed by atoms with E-state index in [9.17, 15) is 0 Å². The van der Waals surface area contributed by atoms with Crippen LogP contribution in [0.2, 0.25) is 0 Å². The highest BCUT2D eigenvalue weighted by Gasteiger charge is 2.37. The predicted molar refractivity (Wildman–Crippen MR) is 78.6 cm³/mol. The fraction of sp³-hybridized carbons (Fsp3) is 1.00. The zero-order valence-corrected chi connectivity index (χ0v) is 12.5. The van der Waals surface area contributed by atoms with Gasteiger partial charge in [0.1, 0.15) is 0 Å². The Morgan fingerprint density at radius 3 is 2.22 bits per heavy atom. The number of rotatable bonds is 4. The van der Waals surface area contributed by atoms with Crippen molar-refractivity contribution in [3.05, 3.63) is 0 Å². The lowest BCUT2D eigenvalue weighted by Gasteiger charge is -2.47. The molecule has 0 spiro atoms. The van der Waals surface area contributed by atoms with E-state index in [0.29, 0.717) is 5.54 Å². The predicted octanol–water partition coefficient (Wildman–Crippen LogP) is 3.41. The lowest BCUT2D eigenvalue weighted by Crippen LogP contribution is -2.55. The molecule has 2 saturated carbocycles. The topological polar surface area (TPSA) is 29.3 Å². The number of hydrogen-bond donors (Lipinski definition) is 1. The van der Waals surface area contributed by atoms with Crippen molar-refractivity contribution in [3.63, 3.8) is 0 Å². The Bertz CT molecular complexity index is 237. The third kappa shape index (κ3) is 3.27. The molecule has 106 valence electrons. The van der Waals surface area contributed by atoms with Gasteiger partial charge in [0.2, 0.25) is 0 Å². The molecule has 2 N–H and O–H groups in total. The summed E-state index contributed by atoms with van der Waals surface area (Å²) in [6.07, 6.45) is 12.6. The van der Waals surface area contributed by atoms with Crippen LogP contribution in [-0.4, -0.2) is 30.6 Å². The molecule has 0 radical (unpaired) electrons. The Hall–Kier alpha value is -0.0800. The van der Waals surface area contributed by atoms with E-state index in [4.69, 9.17) is 5.73 Å². The molecule has 2 rings (SSSR count). The van der Waals surface area contributed by atoms with Crippen LogP contribution in [-0.2, 0) is 0 Å². The van der Waals surface area contributed by atoms with Crippen LogP contribution in [0, 0.1) is 11.8 Å². The molecular formula is C16H32N2. The quantitative estimate of drug-likeness (QED) is 0.831. The summed E-state index contributed by atoms with van der Waals surface area (Å²) in [7, 11) is 2.33. The van der Waals surface area contributed by atoms with Gasteiger partial charge in [-0.15, -0.1) is 0 Å². The van der Waals surface area contributed by atoms with E-state index >= 15 is 0 Å². The molecule has 0 aromatic rings. The Balaban J connectivity index is 1.90. The van der Waals surface area contributed by atoms with Crippen molar-refractivity contribution in [1.82, 2.24) is 4.90 Å². The lowest BCUT2D eigenvalue weighted by molar-refractivity contribution is 0.0492. The smallest absolute Gasteiger partial charge is 0.0329 e. The van der Waals surface area contributed by atoms with Gasteiger partial charge in [-0.3, -0.25) is 4.90 Å². The zero-order chi connectivity index (χ0) is 13.0. The van der Waals surface area contributed by atoms with Crippen molar-refractivity contribution in [2.45, 2.75) is 70.3 Å². The van der Waals surface area contributed by atoms with Crippen LogP contribution in [0.1, 0.15) is 64.7 Å². The van der Waals surface area contributed by atoms with Crippen molar-refractivity contribution >= 4 is 0 Å². The molecule has 0 atom stereocenters. The monoisotopic (exact) mass is 252 g/mol. The fourth-order valence-corrected chi connectivity index (χ4v) is 3.99. The van der Waals surface area contributed by atoms with E-state index in [0.717, 1.165) is 18.4 Å². The summed E-state index contributed by atoms with van der Waals surface area (Å²) in [6, 6.07) is 0. The summed E-state index contributed by atoms with van der Waals surface area (Å²) < 4.78 is 0. The third-order valence-electron chi connectivity index (χ3n) is 5.65. The van der Waals surface area contributed by atoms with Gasteiger partial charge in [0, 0.05) is 18.6 Å². The molecular weight excluding hydrogens is 220 g/mol. The van der Waals surface area contributed by atoms with Crippen LogP contribution in [0.15, 0.2) is 0 Å². The first-order valence-electron chi connectivity index (χ1n) is 8.07. The summed E-state index contributed by atoms with van der Waals surface area (Å²) in [5.74, 6) is 1.85. The second kappa shape index (κ2) is 6.38. The van der Waals surface area contributed by atoms with Crippen LogP contribution in [0.5, 0.6) is 0 Å². The van der Waals surface area contributed by atoms with E-state index < -0.39 is 0 Å². The van der Waals surface area contributed by atoms with Gasteiger partial charge in [-0.25, -0.2) is 0 Å². The highest BCUT2D eigenvalue weighted by Crippen LogP contribution is 2.36. The number of nitrogens with two attached hydrogens (primary N) is 1. The first-order chi connectivity index (χ1) is 8.66. The van der Waals surface area contributed by atoms with E-state index in [1.165, 1.54) is 64.3 Å². The largest absolute Gasteiger partial charge is 0.329 e. The maximum atomic E-state index is 6.15. The molecule has 2 aliphatic carbocycles. The van der Waals surface area contributed by atoms with Crippen LogP contribution >= 0.6 is 0 Å². The molecule has 0 aliphatic heterocycles. The molecule has 0 unspecified atom stereocenters. The number of likely N-dealkylation sites (N-methyl/N-ethyl adjacent to an activating group) is 1. The van der Waals surface area contributed by atoms with E-state index in [2.05, 4.69) is 18.9 Å². The Kier molecular flexibility index (Phi) is 5.08. The van der Waals surface area contributed by atoms with Crippen molar-refractivity contribution < 1.29 is 0 Å². The minimum absolute atomic E-state index is 0.323. The molecule has 0 aromatic heterocycles. The minimum Gasteiger partial charge on any atom is -0.329 e. The highest BCUT2D eigenvalue weighted by molar-refractivity contribution is 4.94. The maximum Gasteiger partial charge on any atom is 0.0329 e. The van der Waals surface area contributed by atoms with Gasteiger partial charge in [0.15, 0.2) is 0 Å². The molecule has 0 bridgehead atoms. The number of nitrogens with zero attached hydrogens (tertiary/aromatic N) is 1. The molecule has 0 aromatic carbocycles. The van der Waals surface area contributed by atoms with Gasteiger partial charge in [0.25, 0.3) is 0 Å². The van der Waals surface area contributed by atoms with Crippen LogP contribution in [0.25, 0.3) is 0 Å². The van der Waals surface area contributed by atoms with Crippen LogP contribution < -0.4 is 5.73 Å². The van der Waals surface area contributed by atoms with Crippen molar-refractivity contribution in [1.29, 1.82) is 0 Å². The van der Waals surface area contributed by atoms with Crippen LogP contribution in [0.4, 0.5) is 0 Å². The summed E-state index contributed by atoms with van der Waals surface area (Å²) in [6.45, 7) is 4.52. The molecule has 2 heteroatoms. The van der Waals surface area contributed by atoms with Gasteiger partial charge in [-0.2, -0.15) is 0 Å². The standard InChI is InChI=1S/C16H32N2/c1-14-8-10-16(13-17,11-9-14)18(2)12-15-6-4-3-5-7-15/h14-15H,3-13,17H2,1-2H3. The normalized spacial score (nSPS) is 35.0. The summed E-state index contributed by atoms with van der Waals surface area (Å²) in [5, 5.41) is 0. The molecule has 0 amide bonds. The van der Waals surface area contributed by atoms with Crippen molar-refractivity contribution in [2.24, 2.45) is 17.6 Å². The van der Waals surface area contributed by atoms with Gasteiger partial charge in [0.05, 0.1) is 0 Å². The maximum absolute atomic E-state index is 6.15. The average molecular weight is 252 g/mol. The lowest BCUT2D eigenvalue weighted by atomic mass is 9.75. The molecule has 2 fully saturated rings. The second-order valence-corrected chi connectivity index (χ2v) is 7.00. The Morgan fingerprint density at radius 1 is 1.06 bits per heavy atom. The fourth-order valence-electron chi connectivity index (χ4n) is 3.99. The second-order valence-electron chi connectivity index (χ2n) is 7.00. The Labute approximate surface area is 113 Å². The third-order valence-corrected chi connectivity index (χ3v) is 5.65. The average Bonchev–Trinajstić information content (AvgIpc) is 2.41. The van der Waals surface area contributed by atoms with Crippen molar-refractivity contribution in [3.8, 4) is 0 Å². The Morgan fingerprint density at radius 2 is 1.67 bits per heavy atom. The SMILES string of the molecule is CC1CCC(CN)(N(C)CC2CCCCC2)CC1. The molecule has 2 aliphatic rings. The molecule has 0 heterocycles. The van der Waals surface area contributed by atoms with E-state index in [1.54, 1.807) is 0 Å². The molecule has 0 saturated heterocycles. The van der Waals surface area contributed by atoms with Crippen molar-refractivity contribution in [2.75, 3.05) is 20.1 Å². The molecule has 2 nitrogen and oxygen atoms in total. The summed E-state index contributed by atoms with van der Waals surface area (Å²) in [5.41, 5.74) is 6.47.